The Morgan fingerprint density at radius 3 is 2.88 bits per heavy atom. The summed E-state index contributed by atoms with van der Waals surface area (Å²) in [6, 6.07) is 16.2. The van der Waals surface area contributed by atoms with Crippen LogP contribution in [0.1, 0.15) is 38.2 Å². The highest BCUT2D eigenvalue weighted by atomic mass is 14.0. The van der Waals surface area contributed by atoms with Crippen LogP contribution in [0.5, 0.6) is 0 Å². The number of hydrogen-bond acceptors (Lipinski definition) is 0. The second kappa shape index (κ2) is 5.69. The number of hydrogen-bond donors (Lipinski definition) is 0. The summed E-state index contributed by atoms with van der Waals surface area (Å²) in [5.74, 6) is 0. The molecule has 0 bridgehead atoms. The van der Waals surface area contributed by atoms with Crippen LogP contribution in [-0.4, -0.2) is 0 Å². The molecule has 0 aliphatic heterocycles. The first-order valence-electron chi connectivity index (χ1n) is 6.29. The van der Waals surface area contributed by atoms with E-state index in [-0.39, 0.29) is 0 Å². The molecule has 1 radical (unpaired) electrons. The summed E-state index contributed by atoms with van der Waals surface area (Å²) in [5.41, 5.74) is 1.46. The molecule has 2 aromatic rings. The summed E-state index contributed by atoms with van der Waals surface area (Å²) in [7, 11) is 0. The van der Waals surface area contributed by atoms with Crippen molar-refractivity contribution in [2.45, 2.75) is 39.0 Å². The van der Waals surface area contributed by atoms with Crippen LogP contribution < -0.4 is 0 Å². The van der Waals surface area contributed by atoms with Crippen LogP contribution in [0.25, 0.3) is 10.8 Å². The van der Waals surface area contributed by atoms with Gasteiger partial charge in [0.2, 0.25) is 0 Å². The minimum atomic E-state index is 1.21. The van der Waals surface area contributed by atoms with Crippen LogP contribution in [0.2, 0.25) is 0 Å². The Hall–Kier alpha value is -1.30. The smallest absolute Gasteiger partial charge is 0.00992 e. The monoisotopic (exact) mass is 211 g/mol. The maximum atomic E-state index is 3.25. The highest BCUT2D eigenvalue weighted by Crippen LogP contribution is 2.16. The maximum Gasteiger partial charge on any atom is -0.00992 e. The van der Waals surface area contributed by atoms with Gasteiger partial charge in [-0.05, 0) is 35.2 Å². The minimum Gasteiger partial charge on any atom is -0.0654 e. The van der Waals surface area contributed by atoms with E-state index >= 15 is 0 Å². The molecule has 83 valence electrons. The van der Waals surface area contributed by atoms with Gasteiger partial charge < -0.3 is 0 Å². The van der Waals surface area contributed by atoms with E-state index in [4.69, 9.17) is 0 Å². The van der Waals surface area contributed by atoms with Crippen molar-refractivity contribution in [1.82, 2.24) is 0 Å². The van der Waals surface area contributed by atoms with Crippen LogP contribution in [-0.2, 0) is 6.42 Å². The van der Waals surface area contributed by atoms with E-state index in [1.807, 2.05) is 6.07 Å². The normalized spacial score (nSPS) is 10.8. The Balaban J connectivity index is 2.02. The number of fused-ring (bicyclic) bond motifs is 1. The molecular formula is C16H19. The second-order valence-electron chi connectivity index (χ2n) is 4.40. The van der Waals surface area contributed by atoms with Gasteiger partial charge in [-0.2, -0.15) is 0 Å². The zero-order chi connectivity index (χ0) is 11.2. The SMILES string of the molecule is CCCCCCc1ccc2[c]cccc2c1. The molecule has 0 atom stereocenters. The average molecular weight is 211 g/mol. The molecule has 2 rings (SSSR count). The number of benzene rings is 2. The summed E-state index contributed by atoms with van der Waals surface area (Å²) < 4.78 is 0. The van der Waals surface area contributed by atoms with Crippen LogP contribution >= 0.6 is 0 Å². The summed E-state index contributed by atoms with van der Waals surface area (Å²) in [6.07, 6.45) is 6.56. The lowest BCUT2D eigenvalue weighted by molar-refractivity contribution is 0.667. The molecular weight excluding hydrogens is 192 g/mol. The Labute approximate surface area is 98.3 Å². The molecule has 0 aliphatic carbocycles. The predicted molar refractivity (Wildman–Crippen MR) is 70.6 cm³/mol. The van der Waals surface area contributed by atoms with Crippen molar-refractivity contribution in [3.05, 3.63) is 48.0 Å². The van der Waals surface area contributed by atoms with Crippen molar-refractivity contribution in [1.29, 1.82) is 0 Å². The van der Waals surface area contributed by atoms with Crippen molar-refractivity contribution in [2.75, 3.05) is 0 Å². The van der Waals surface area contributed by atoms with Crippen molar-refractivity contribution in [2.24, 2.45) is 0 Å². The van der Waals surface area contributed by atoms with Gasteiger partial charge in [-0.25, -0.2) is 0 Å². The van der Waals surface area contributed by atoms with Crippen molar-refractivity contribution >= 4 is 10.8 Å². The first-order valence-corrected chi connectivity index (χ1v) is 6.29. The molecule has 16 heavy (non-hydrogen) atoms. The van der Waals surface area contributed by atoms with E-state index in [9.17, 15) is 0 Å². The molecule has 0 nitrogen and oxygen atoms in total. The van der Waals surface area contributed by atoms with E-state index in [1.165, 1.54) is 48.4 Å². The molecule has 0 aliphatic rings. The third-order valence-corrected chi connectivity index (χ3v) is 3.05. The van der Waals surface area contributed by atoms with Crippen LogP contribution in [0.4, 0.5) is 0 Å². The van der Waals surface area contributed by atoms with E-state index in [1.54, 1.807) is 0 Å². The van der Waals surface area contributed by atoms with Gasteiger partial charge >= 0.3 is 0 Å². The standard InChI is InChI=1S/C16H19/c1-2-3-4-5-8-14-11-12-15-9-6-7-10-16(15)13-14/h6-7,10-13H,2-5,8H2,1H3. The fourth-order valence-electron chi connectivity index (χ4n) is 2.08. The highest BCUT2D eigenvalue weighted by Gasteiger charge is 1.96. The van der Waals surface area contributed by atoms with Gasteiger partial charge in [0, 0.05) is 0 Å². The summed E-state index contributed by atoms with van der Waals surface area (Å²) in [4.78, 5) is 0. The first-order chi connectivity index (χ1) is 7.90. The number of aryl methyl sites for hydroxylation is 1. The lowest BCUT2D eigenvalue weighted by Gasteiger charge is -2.03. The van der Waals surface area contributed by atoms with E-state index in [2.05, 4.69) is 43.3 Å². The zero-order valence-corrected chi connectivity index (χ0v) is 10.00. The van der Waals surface area contributed by atoms with Crippen LogP contribution in [0, 0.1) is 6.07 Å². The van der Waals surface area contributed by atoms with E-state index in [0.29, 0.717) is 0 Å². The molecule has 0 spiro atoms. The fraction of sp³-hybridized carbons (Fsp3) is 0.375. The van der Waals surface area contributed by atoms with E-state index < -0.39 is 0 Å². The highest BCUT2D eigenvalue weighted by molar-refractivity contribution is 5.82. The van der Waals surface area contributed by atoms with Gasteiger partial charge in [-0.1, -0.05) is 62.6 Å². The van der Waals surface area contributed by atoms with Gasteiger partial charge in [-0.15, -0.1) is 0 Å². The average Bonchev–Trinajstić information content (AvgIpc) is 2.34. The number of rotatable bonds is 5. The Morgan fingerprint density at radius 1 is 1.06 bits per heavy atom. The van der Waals surface area contributed by atoms with Gasteiger partial charge in [-0.3, -0.25) is 0 Å². The van der Waals surface area contributed by atoms with Crippen molar-refractivity contribution in [3.63, 3.8) is 0 Å². The van der Waals surface area contributed by atoms with Gasteiger partial charge in [0.1, 0.15) is 0 Å². The van der Waals surface area contributed by atoms with E-state index in [0.717, 1.165) is 0 Å². The van der Waals surface area contributed by atoms with Crippen molar-refractivity contribution in [3.8, 4) is 0 Å². The van der Waals surface area contributed by atoms with Gasteiger partial charge in [0.15, 0.2) is 0 Å². The maximum absolute atomic E-state index is 3.25. The van der Waals surface area contributed by atoms with Gasteiger partial charge in [0.25, 0.3) is 0 Å². The molecule has 0 aromatic heterocycles. The molecule has 0 amide bonds. The minimum absolute atomic E-state index is 1.21. The third kappa shape index (κ3) is 2.85. The molecule has 0 N–H and O–H groups in total. The van der Waals surface area contributed by atoms with Crippen LogP contribution in [0.3, 0.4) is 0 Å². The quantitative estimate of drug-likeness (QED) is 0.625. The molecule has 0 heterocycles. The van der Waals surface area contributed by atoms with Crippen molar-refractivity contribution < 1.29 is 0 Å². The molecule has 0 saturated heterocycles. The summed E-state index contributed by atoms with van der Waals surface area (Å²) in [5, 5.41) is 2.54. The molecule has 0 heteroatoms. The third-order valence-electron chi connectivity index (χ3n) is 3.05. The van der Waals surface area contributed by atoms with Crippen LogP contribution in [0.15, 0.2) is 36.4 Å². The molecule has 0 saturated carbocycles. The topological polar surface area (TPSA) is 0 Å². The summed E-state index contributed by atoms with van der Waals surface area (Å²) >= 11 is 0. The molecule has 2 aromatic carbocycles. The Kier molecular flexibility index (Phi) is 3.98. The molecule has 0 unspecified atom stereocenters. The zero-order valence-electron chi connectivity index (χ0n) is 10.00. The summed E-state index contributed by atoms with van der Waals surface area (Å²) in [6.45, 7) is 2.26. The lowest BCUT2D eigenvalue weighted by Crippen LogP contribution is -1.86. The van der Waals surface area contributed by atoms with Gasteiger partial charge in [0.05, 0.1) is 0 Å². The fourth-order valence-corrected chi connectivity index (χ4v) is 2.08. The second-order valence-corrected chi connectivity index (χ2v) is 4.40. The Bertz CT molecular complexity index is 442. The Morgan fingerprint density at radius 2 is 2.00 bits per heavy atom. The molecule has 0 fully saturated rings. The lowest BCUT2D eigenvalue weighted by atomic mass is 10.0. The first kappa shape index (κ1) is 11.2. The largest absolute Gasteiger partial charge is 0.0654 e. The predicted octanol–water partition coefficient (Wildman–Crippen LogP) is 4.76. The number of unbranched alkanes of at least 4 members (excludes halogenated alkanes) is 3.